The summed E-state index contributed by atoms with van der Waals surface area (Å²) in [7, 11) is 0. The number of aliphatic carboxylic acids is 1. The van der Waals surface area contributed by atoms with Crippen molar-refractivity contribution in [1.29, 1.82) is 0 Å². The van der Waals surface area contributed by atoms with E-state index in [4.69, 9.17) is 10.8 Å². The second-order valence-corrected chi connectivity index (χ2v) is 4.31. The van der Waals surface area contributed by atoms with Crippen molar-refractivity contribution >= 4 is 23.3 Å². The highest BCUT2D eigenvalue weighted by Gasteiger charge is 2.20. The highest BCUT2D eigenvalue weighted by atomic mass is 16.6. The second-order valence-electron chi connectivity index (χ2n) is 4.31. The lowest BCUT2D eigenvalue weighted by molar-refractivity contribution is -0.383. The number of hydrogen-bond donors (Lipinski definition) is 3. The van der Waals surface area contributed by atoms with Crippen molar-refractivity contribution < 1.29 is 19.6 Å². The molecule has 4 N–H and O–H groups in total. The van der Waals surface area contributed by atoms with E-state index in [2.05, 4.69) is 5.32 Å². The smallest absolute Gasteiger partial charge is 0.303 e. The molecule has 0 aliphatic heterocycles. The Morgan fingerprint density at radius 2 is 2.15 bits per heavy atom. The third kappa shape index (κ3) is 4.32. The average molecular weight is 281 g/mol. The van der Waals surface area contributed by atoms with Crippen LogP contribution >= 0.6 is 0 Å². The maximum atomic E-state index is 11.8. The molecule has 1 amide bonds. The highest BCUT2D eigenvalue weighted by Crippen LogP contribution is 2.25. The van der Waals surface area contributed by atoms with Gasteiger partial charge in [-0.2, -0.15) is 0 Å². The van der Waals surface area contributed by atoms with Crippen LogP contribution in [0.4, 0.5) is 11.4 Å². The molecule has 1 rings (SSSR count). The molecule has 1 atom stereocenters. The maximum Gasteiger partial charge on any atom is 0.303 e. The average Bonchev–Trinajstić information content (AvgIpc) is 2.35. The Labute approximate surface area is 114 Å². The minimum absolute atomic E-state index is 0.0409. The number of carbonyl (C=O) groups excluding carboxylic acids is 1. The molecule has 0 heterocycles. The van der Waals surface area contributed by atoms with E-state index in [1.807, 2.05) is 0 Å². The first-order chi connectivity index (χ1) is 9.31. The van der Waals surface area contributed by atoms with Crippen LogP contribution < -0.4 is 11.1 Å². The number of nitrogens with two attached hydrogens (primary N) is 1. The molecule has 8 heteroatoms. The van der Waals surface area contributed by atoms with Crippen LogP contribution in [0.1, 0.15) is 18.4 Å². The van der Waals surface area contributed by atoms with E-state index in [-0.39, 0.29) is 24.2 Å². The summed E-state index contributed by atoms with van der Waals surface area (Å²) in [5.74, 6) is -1.71. The summed E-state index contributed by atoms with van der Waals surface area (Å²) in [5, 5.41) is 21.7. The molecule has 0 fully saturated rings. The fourth-order valence-corrected chi connectivity index (χ4v) is 1.54. The SMILES string of the molecule is Cc1ccc([N+](=O)[O-])c(NC(=O)C(N)CCC(=O)O)c1. The third-order valence-corrected chi connectivity index (χ3v) is 2.61. The second kappa shape index (κ2) is 6.62. The van der Waals surface area contributed by atoms with Crippen molar-refractivity contribution in [2.45, 2.75) is 25.8 Å². The molecular weight excluding hydrogens is 266 g/mol. The van der Waals surface area contributed by atoms with Gasteiger partial charge in [-0.25, -0.2) is 0 Å². The Bertz CT molecular complexity index is 544. The molecule has 8 nitrogen and oxygen atoms in total. The van der Waals surface area contributed by atoms with Gasteiger partial charge in [0.15, 0.2) is 0 Å². The van der Waals surface area contributed by atoms with Crippen molar-refractivity contribution in [2.24, 2.45) is 5.73 Å². The molecule has 0 aliphatic carbocycles. The zero-order chi connectivity index (χ0) is 15.3. The van der Waals surface area contributed by atoms with E-state index >= 15 is 0 Å². The van der Waals surface area contributed by atoms with Crippen LogP contribution in [0.3, 0.4) is 0 Å². The van der Waals surface area contributed by atoms with Crippen molar-refractivity contribution in [2.75, 3.05) is 5.32 Å². The summed E-state index contributed by atoms with van der Waals surface area (Å²) in [4.78, 5) is 32.4. The predicted molar refractivity (Wildman–Crippen MR) is 71.3 cm³/mol. The Hall–Kier alpha value is -2.48. The van der Waals surface area contributed by atoms with Crippen LogP contribution in [0.2, 0.25) is 0 Å². The summed E-state index contributed by atoms with van der Waals surface area (Å²) in [5.41, 5.74) is 6.08. The summed E-state index contributed by atoms with van der Waals surface area (Å²) in [6, 6.07) is 3.26. The van der Waals surface area contributed by atoms with Gasteiger partial charge in [0.05, 0.1) is 11.0 Å². The minimum atomic E-state index is -1.06. The standard InChI is InChI=1S/C12H15N3O5/c1-7-2-4-10(15(19)20)9(6-7)14-12(18)8(13)3-5-11(16)17/h2,4,6,8H,3,5,13H2,1H3,(H,14,18)(H,16,17). The van der Waals surface area contributed by atoms with Gasteiger partial charge in [0.25, 0.3) is 5.69 Å². The van der Waals surface area contributed by atoms with E-state index in [9.17, 15) is 19.7 Å². The van der Waals surface area contributed by atoms with E-state index in [0.717, 1.165) is 5.56 Å². The van der Waals surface area contributed by atoms with Crippen molar-refractivity contribution in [3.63, 3.8) is 0 Å². The van der Waals surface area contributed by atoms with E-state index in [0.29, 0.717) is 0 Å². The van der Waals surface area contributed by atoms with Crippen LogP contribution in [-0.2, 0) is 9.59 Å². The number of carbonyl (C=O) groups is 2. The zero-order valence-electron chi connectivity index (χ0n) is 10.8. The van der Waals surface area contributed by atoms with Gasteiger partial charge in [-0.05, 0) is 25.0 Å². The number of hydrogen-bond acceptors (Lipinski definition) is 5. The third-order valence-electron chi connectivity index (χ3n) is 2.61. The number of amides is 1. The highest BCUT2D eigenvalue weighted by molar-refractivity contribution is 5.96. The molecule has 0 radical (unpaired) electrons. The van der Waals surface area contributed by atoms with Gasteiger partial charge in [0.2, 0.25) is 5.91 Å². The van der Waals surface area contributed by atoms with Crippen LogP contribution in [0.15, 0.2) is 18.2 Å². The van der Waals surface area contributed by atoms with Crippen molar-refractivity contribution in [3.8, 4) is 0 Å². The summed E-state index contributed by atoms with van der Waals surface area (Å²) in [6.07, 6.45) is -0.286. The largest absolute Gasteiger partial charge is 0.481 e. The molecule has 0 saturated heterocycles. The van der Waals surface area contributed by atoms with Crippen LogP contribution in [0, 0.1) is 17.0 Å². The number of nitrogens with one attached hydrogen (secondary N) is 1. The first-order valence-electron chi connectivity index (χ1n) is 5.84. The van der Waals surface area contributed by atoms with Gasteiger partial charge in [-0.15, -0.1) is 0 Å². The molecule has 108 valence electrons. The van der Waals surface area contributed by atoms with Crippen molar-refractivity contribution in [1.82, 2.24) is 0 Å². The number of benzene rings is 1. The quantitative estimate of drug-likeness (QED) is 0.526. The topological polar surface area (TPSA) is 136 Å². The number of rotatable bonds is 6. The van der Waals surface area contributed by atoms with Gasteiger partial charge in [0.1, 0.15) is 5.69 Å². The fraction of sp³-hybridized carbons (Fsp3) is 0.333. The van der Waals surface area contributed by atoms with Crippen molar-refractivity contribution in [3.05, 3.63) is 33.9 Å². The van der Waals surface area contributed by atoms with Gasteiger partial charge >= 0.3 is 5.97 Å². The molecule has 1 aromatic carbocycles. The molecular formula is C12H15N3O5. The molecule has 1 aromatic rings. The summed E-state index contributed by atoms with van der Waals surface area (Å²) < 4.78 is 0. The Kier molecular flexibility index (Phi) is 5.15. The Morgan fingerprint density at radius 1 is 1.50 bits per heavy atom. The molecule has 0 spiro atoms. The first kappa shape index (κ1) is 15.6. The number of carboxylic acids is 1. The summed E-state index contributed by atoms with van der Waals surface area (Å²) >= 11 is 0. The van der Waals surface area contributed by atoms with Gasteiger partial charge in [0, 0.05) is 12.5 Å². The number of aryl methyl sites for hydroxylation is 1. The molecule has 0 aromatic heterocycles. The van der Waals surface area contributed by atoms with E-state index in [1.54, 1.807) is 13.0 Å². The fourth-order valence-electron chi connectivity index (χ4n) is 1.54. The normalized spacial score (nSPS) is 11.7. The molecule has 1 unspecified atom stereocenters. The number of nitrogens with zero attached hydrogens (tertiary/aromatic N) is 1. The number of nitro groups is 1. The van der Waals surface area contributed by atoms with E-state index in [1.165, 1.54) is 12.1 Å². The van der Waals surface area contributed by atoms with E-state index < -0.39 is 22.8 Å². The summed E-state index contributed by atoms with van der Waals surface area (Å²) in [6.45, 7) is 1.73. The van der Waals surface area contributed by atoms with Gasteiger partial charge < -0.3 is 16.2 Å². The molecule has 0 aliphatic rings. The lowest BCUT2D eigenvalue weighted by atomic mass is 10.1. The van der Waals surface area contributed by atoms with Gasteiger partial charge in [-0.3, -0.25) is 19.7 Å². The number of anilines is 1. The van der Waals surface area contributed by atoms with Crippen LogP contribution in [-0.4, -0.2) is 27.9 Å². The molecule has 0 bridgehead atoms. The maximum absolute atomic E-state index is 11.8. The number of nitro benzene ring substituents is 1. The number of carboxylic acid groups (broad SMARTS) is 1. The predicted octanol–water partition coefficient (Wildman–Crippen LogP) is 1.03. The van der Waals surface area contributed by atoms with Crippen LogP contribution in [0.5, 0.6) is 0 Å². The molecule has 0 saturated carbocycles. The first-order valence-corrected chi connectivity index (χ1v) is 5.84. The monoisotopic (exact) mass is 281 g/mol. The van der Waals surface area contributed by atoms with Gasteiger partial charge in [-0.1, -0.05) is 6.07 Å². The molecule has 20 heavy (non-hydrogen) atoms. The Balaban J connectivity index is 2.81. The lowest BCUT2D eigenvalue weighted by Gasteiger charge is -2.11. The Morgan fingerprint density at radius 3 is 2.70 bits per heavy atom. The lowest BCUT2D eigenvalue weighted by Crippen LogP contribution is -2.36. The minimum Gasteiger partial charge on any atom is -0.481 e. The zero-order valence-corrected chi connectivity index (χ0v) is 10.8. The van der Waals surface area contributed by atoms with Crippen LogP contribution in [0.25, 0.3) is 0 Å².